The fraction of sp³-hybridized carbons (Fsp3) is 0. The van der Waals surface area contributed by atoms with Crippen LogP contribution in [0.15, 0.2) is 30.3 Å². The van der Waals surface area contributed by atoms with Gasteiger partial charge in [0.25, 0.3) is 0 Å². The number of amides is 1. The molecule has 0 unspecified atom stereocenters. The Morgan fingerprint density at radius 1 is 1.36 bits per heavy atom. The minimum absolute atomic E-state index is 0.685. The molecule has 4 heteroatoms. The van der Waals surface area contributed by atoms with Crippen molar-refractivity contribution in [3.05, 3.63) is 30.3 Å². The number of hydrazine groups is 1. The van der Waals surface area contributed by atoms with Crippen molar-refractivity contribution in [3.8, 4) is 0 Å². The lowest BCUT2D eigenvalue weighted by Crippen LogP contribution is -2.28. The molecule has 0 saturated carbocycles. The number of carbonyl (C=O) groups is 1. The second-order valence-electron chi connectivity index (χ2n) is 1.90. The van der Waals surface area contributed by atoms with Crippen LogP contribution in [-0.4, -0.2) is 6.41 Å². The summed E-state index contributed by atoms with van der Waals surface area (Å²) in [7, 11) is 0. The highest BCUT2D eigenvalue weighted by Gasteiger charge is 1.99. The lowest BCUT2D eigenvalue weighted by Gasteiger charge is -2.12. The van der Waals surface area contributed by atoms with Gasteiger partial charge in [-0.25, -0.2) is 5.01 Å². The highest BCUT2D eigenvalue weighted by atomic mass is 79.9. The molecular weight excluding hydrogens is 208 g/mol. The zero-order chi connectivity index (χ0) is 8.10. The van der Waals surface area contributed by atoms with Gasteiger partial charge in [0.15, 0.2) is 0 Å². The first-order chi connectivity index (χ1) is 5.38. The molecule has 0 aliphatic heterocycles. The standard InChI is InChI=1S/C7H7BrN2O/c8-9-10(6-11)7-4-2-1-3-5-7/h1-6,9H. The summed E-state index contributed by atoms with van der Waals surface area (Å²) in [5.41, 5.74) is 0.791. The van der Waals surface area contributed by atoms with Crippen molar-refractivity contribution in [2.24, 2.45) is 0 Å². The van der Waals surface area contributed by atoms with Gasteiger partial charge in [-0.3, -0.25) is 4.79 Å². The van der Waals surface area contributed by atoms with Crippen LogP contribution in [-0.2, 0) is 4.79 Å². The largest absolute Gasteiger partial charge is 0.277 e. The van der Waals surface area contributed by atoms with Crippen LogP contribution >= 0.6 is 16.1 Å². The van der Waals surface area contributed by atoms with Gasteiger partial charge in [-0.1, -0.05) is 18.2 Å². The third-order valence-corrected chi connectivity index (χ3v) is 1.61. The van der Waals surface area contributed by atoms with Crippen LogP contribution in [0.4, 0.5) is 5.69 Å². The van der Waals surface area contributed by atoms with Crippen molar-refractivity contribution in [2.45, 2.75) is 0 Å². The topological polar surface area (TPSA) is 32.3 Å². The Balaban J connectivity index is 2.82. The number of benzene rings is 1. The van der Waals surface area contributed by atoms with E-state index in [1.54, 1.807) is 0 Å². The summed E-state index contributed by atoms with van der Waals surface area (Å²) in [6.07, 6.45) is 0.685. The van der Waals surface area contributed by atoms with Crippen molar-refractivity contribution in [1.82, 2.24) is 4.45 Å². The van der Waals surface area contributed by atoms with E-state index in [0.29, 0.717) is 6.41 Å². The first-order valence-electron chi connectivity index (χ1n) is 3.04. The van der Waals surface area contributed by atoms with Crippen molar-refractivity contribution in [3.63, 3.8) is 0 Å². The lowest BCUT2D eigenvalue weighted by atomic mass is 10.3. The average molecular weight is 215 g/mol. The van der Waals surface area contributed by atoms with E-state index >= 15 is 0 Å². The van der Waals surface area contributed by atoms with E-state index < -0.39 is 0 Å². The van der Waals surface area contributed by atoms with Crippen LogP contribution < -0.4 is 9.46 Å². The number of hydrogen-bond donors (Lipinski definition) is 1. The number of nitrogens with one attached hydrogen (secondary N) is 1. The molecule has 0 atom stereocenters. The van der Waals surface area contributed by atoms with Gasteiger partial charge in [-0.15, -0.1) is 0 Å². The van der Waals surface area contributed by atoms with Gasteiger partial charge >= 0.3 is 0 Å². The van der Waals surface area contributed by atoms with Crippen LogP contribution in [0.3, 0.4) is 0 Å². The van der Waals surface area contributed by atoms with Gasteiger partial charge in [0.1, 0.15) is 0 Å². The van der Waals surface area contributed by atoms with Crippen LogP contribution in [0, 0.1) is 0 Å². The van der Waals surface area contributed by atoms with Crippen LogP contribution in [0.1, 0.15) is 0 Å². The lowest BCUT2D eigenvalue weighted by molar-refractivity contribution is -0.107. The number of halogens is 1. The Hall–Kier alpha value is -0.870. The molecule has 1 aromatic rings. The zero-order valence-corrected chi connectivity index (χ0v) is 7.28. The molecule has 0 spiro atoms. The van der Waals surface area contributed by atoms with Gasteiger partial charge in [0, 0.05) is 16.1 Å². The molecule has 0 radical (unpaired) electrons. The number of carbonyl (C=O) groups excluding carboxylic acids is 1. The van der Waals surface area contributed by atoms with Crippen LogP contribution in [0.25, 0.3) is 0 Å². The normalized spacial score (nSPS) is 9.18. The molecule has 58 valence electrons. The molecule has 0 aromatic heterocycles. The second kappa shape index (κ2) is 4.10. The van der Waals surface area contributed by atoms with E-state index in [9.17, 15) is 4.79 Å². The Bertz CT molecular complexity index is 227. The quantitative estimate of drug-likeness (QED) is 0.470. The van der Waals surface area contributed by atoms with E-state index in [2.05, 4.69) is 20.6 Å². The maximum atomic E-state index is 10.4. The molecule has 0 aliphatic rings. The SMILES string of the molecule is O=CN(NBr)c1ccccc1. The minimum Gasteiger partial charge on any atom is -0.277 e. The summed E-state index contributed by atoms with van der Waals surface area (Å²) in [6.45, 7) is 0. The predicted molar refractivity (Wildman–Crippen MR) is 47.0 cm³/mol. The molecule has 0 saturated heterocycles. The highest BCUT2D eigenvalue weighted by molar-refractivity contribution is 9.08. The summed E-state index contributed by atoms with van der Waals surface area (Å²) in [5.74, 6) is 0. The summed E-state index contributed by atoms with van der Waals surface area (Å²) in [6, 6.07) is 9.25. The van der Waals surface area contributed by atoms with Crippen molar-refractivity contribution in [1.29, 1.82) is 0 Å². The van der Waals surface area contributed by atoms with Gasteiger partial charge in [0.2, 0.25) is 6.41 Å². The summed E-state index contributed by atoms with van der Waals surface area (Å²) in [4.78, 5) is 10.4. The molecule has 1 rings (SSSR count). The predicted octanol–water partition coefficient (Wildman–Crippen LogP) is 1.46. The summed E-state index contributed by atoms with van der Waals surface area (Å²) < 4.78 is 2.55. The Morgan fingerprint density at radius 2 is 2.00 bits per heavy atom. The smallest absolute Gasteiger partial charge is 0.229 e. The average Bonchev–Trinajstić information content (AvgIpc) is 2.09. The Morgan fingerprint density at radius 3 is 2.45 bits per heavy atom. The maximum absolute atomic E-state index is 10.4. The van der Waals surface area contributed by atoms with Gasteiger partial charge in [0.05, 0.1) is 5.69 Å². The molecule has 1 amide bonds. The molecule has 3 nitrogen and oxygen atoms in total. The first-order valence-corrected chi connectivity index (χ1v) is 3.83. The molecular formula is C7H7BrN2O. The van der Waals surface area contributed by atoms with Crippen molar-refractivity contribution in [2.75, 3.05) is 5.01 Å². The molecule has 0 heterocycles. The second-order valence-corrected chi connectivity index (χ2v) is 2.25. The molecule has 1 aromatic carbocycles. The van der Waals surface area contributed by atoms with E-state index in [4.69, 9.17) is 0 Å². The number of rotatable bonds is 3. The van der Waals surface area contributed by atoms with E-state index in [1.807, 2.05) is 30.3 Å². The van der Waals surface area contributed by atoms with Crippen molar-refractivity contribution < 1.29 is 4.79 Å². The first kappa shape index (κ1) is 8.23. The fourth-order valence-corrected chi connectivity index (χ4v) is 1.01. The zero-order valence-electron chi connectivity index (χ0n) is 5.70. The van der Waals surface area contributed by atoms with Gasteiger partial charge < -0.3 is 0 Å². The van der Waals surface area contributed by atoms with Gasteiger partial charge in [-0.2, -0.15) is 4.45 Å². The Kier molecular flexibility index (Phi) is 3.07. The highest BCUT2D eigenvalue weighted by Crippen LogP contribution is 2.08. The summed E-state index contributed by atoms with van der Waals surface area (Å²) >= 11 is 2.96. The third-order valence-electron chi connectivity index (χ3n) is 1.23. The summed E-state index contributed by atoms with van der Waals surface area (Å²) in [5, 5.41) is 1.32. The number of nitrogens with zero attached hydrogens (tertiary/aromatic N) is 1. The molecule has 0 aliphatic carbocycles. The molecule has 11 heavy (non-hydrogen) atoms. The Labute approximate surface area is 73.3 Å². The van der Waals surface area contributed by atoms with Gasteiger partial charge in [-0.05, 0) is 12.1 Å². The molecule has 1 N–H and O–H groups in total. The van der Waals surface area contributed by atoms with E-state index in [0.717, 1.165) is 5.69 Å². The fourth-order valence-electron chi connectivity index (χ4n) is 0.718. The van der Waals surface area contributed by atoms with Crippen LogP contribution in [0.5, 0.6) is 0 Å². The van der Waals surface area contributed by atoms with Crippen LogP contribution in [0.2, 0.25) is 0 Å². The van der Waals surface area contributed by atoms with E-state index in [1.165, 1.54) is 5.01 Å². The van der Waals surface area contributed by atoms with E-state index in [-0.39, 0.29) is 0 Å². The number of hydrogen-bond acceptors (Lipinski definition) is 2. The molecule has 0 fully saturated rings. The number of anilines is 1. The number of para-hydroxylation sites is 1. The monoisotopic (exact) mass is 214 g/mol. The third kappa shape index (κ3) is 2.03. The van der Waals surface area contributed by atoms with Crippen molar-refractivity contribution >= 4 is 28.2 Å². The molecule has 0 bridgehead atoms. The minimum atomic E-state index is 0.685. The maximum Gasteiger partial charge on any atom is 0.229 e.